The van der Waals surface area contributed by atoms with Crippen LogP contribution in [0.4, 0.5) is 5.13 Å². The minimum atomic E-state index is -0.637. The van der Waals surface area contributed by atoms with Gasteiger partial charge in [0.05, 0.1) is 0 Å². The van der Waals surface area contributed by atoms with Gasteiger partial charge in [-0.2, -0.15) is 0 Å². The van der Waals surface area contributed by atoms with Gasteiger partial charge < -0.3 is 4.74 Å². The summed E-state index contributed by atoms with van der Waals surface area (Å²) in [4.78, 5) is 12.4. The first-order chi connectivity index (χ1) is 12.2. The van der Waals surface area contributed by atoms with Gasteiger partial charge in [-0.1, -0.05) is 66.3 Å². The molecule has 2 aromatic carbocycles. The molecule has 0 saturated heterocycles. The topological polar surface area (TPSA) is 64.1 Å². The highest BCUT2D eigenvalue weighted by Crippen LogP contribution is 2.26. The highest BCUT2D eigenvalue weighted by molar-refractivity contribution is 7.18. The van der Waals surface area contributed by atoms with Crippen LogP contribution in [0.15, 0.2) is 54.6 Å². The number of rotatable bonds is 6. The van der Waals surface area contributed by atoms with Gasteiger partial charge in [0.15, 0.2) is 6.10 Å². The summed E-state index contributed by atoms with van der Waals surface area (Å²) in [5, 5.41) is 12.7. The van der Waals surface area contributed by atoms with E-state index in [0.717, 1.165) is 10.6 Å². The van der Waals surface area contributed by atoms with Gasteiger partial charge in [0.25, 0.3) is 5.91 Å². The Morgan fingerprint density at radius 1 is 1.20 bits per heavy atom. The van der Waals surface area contributed by atoms with Crippen molar-refractivity contribution in [1.29, 1.82) is 0 Å². The lowest BCUT2D eigenvalue weighted by Gasteiger charge is -2.16. The smallest absolute Gasteiger partial charge is 0.267 e. The zero-order valence-corrected chi connectivity index (χ0v) is 15.1. The molecule has 1 N–H and O–H groups in total. The van der Waals surface area contributed by atoms with Gasteiger partial charge >= 0.3 is 0 Å². The largest absolute Gasteiger partial charge is 0.481 e. The Hall–Kier alpha value is -2.44. The molecule has 3 aromatic rings. The minimum Gasteiger partial charge on any atom is -0.481 e. The van der Waals surface area contributed by atoms with E-state index >= 15 is 0 Å². The third-order valence-corrected chi connectivity index (χ3v) is 4.54. The van der Waals surface area contributed by atoms with Crippen LogP contribution in [-0.4, -0.2) is 22.2 Å². The lowest BCUT2D eigenvalue weighted by molar-refractivity contribution is -0.122. The fraction of sp³-hybridized carbons (Fsp3) is 0.167. The van der Waals surface area contributed by atoms with Crippen molar-refractivity contribution in [1.82, 2.24) is 10.2 Å². The van der Waals surface area contributed by atoms with Crippen LogP contribution in [0.1, 0.15) is 13.3 Å². The second kappa shape index (κ2) is 8.09. The van der Waals surface area contributed by atoms with E-state index < -0.39 is 6.10 Å². The summed E-state index contributed by atoms with van der Waals surface area (Å²) in [6, 6.07) is 16.7. The van der Waals surface area contributed by atoms with Gasteiger partial charge in [-0.3, -0.25) is 10.1 Å². The summed E-state index contributed by atoms with van der Waals surface area (Å²) in [6.07, 6.45) is -0.120. The average molecular weight is 374 g/mol. The Kier molecular flexibility index (Phi) is 5.63. The molecule has 25 heavy (non-hydrogen) atoms. The van der Waals surface area contributed by atoms with E-state index in [-0.39, 0.29) is 5.91 Å². The SMILES string of the molecule is CCC(Oc1cccc(Cl)c1)C(=O)Nc1nnc(-c2ccccc2)s1. The van der Waals surface area contributed by atoms with Crippen LogP contribution in [-0.2, 0) is 4.79 Å². The third-order valence-electron chi connectivity index (χ3n) is 3.41. The standard InChI is InChI=1S/C18H16ClN3O2S/c1-2-15(24-14-10-6-9-13(19)11-14)16(23)20-18-22-21-17(25-18)12-7-4-3-5-8-12/h3-11,15H,2H2,1H3,(H,20,22,23). The Balaban J connectivity index is 1.67. The molecular formula is C18H16ClN3O2S. The van der Waals surface area contributed by atoms with Crippen molar-refractivity contribution >= 4 is 34.0 Å². The first-order valence-electron chi connectivity index (χ1n) is 7.77. The van der Waals surface area contributed by atoms with Crippen molar-refractivity contribution in [2.24, 2.45) is 0 Å². The predicted octanol–water partition coefficient (Wildman–Crippen LogP) is 4.65. The van der Waals surface area contributed by atoms with Gasteiger partial charge in [-0.05, 0) is 24.6 Å². The zero-order valence-electron chi connectivity index (χ0n) is 13.5. The molecule has 0 spiro atoms. The molecule has 0 aliphatic heterocycles. The third kappa shape index (κ3) is 4.55. The van der Waals surface area contributed by atoms with E-state index in [2.05, 4.69) is 15.5 Å². The highest BCUT2D eigenvalue weighted by Gasteiger charge is 2.20. The average Bonchev–Trinajstić information content (AvgIpc) is 3.09. The first-order valence-corrected chi connectivity index (χ1v) is 8.97. The molecule has 5 nitrogen and oxygen atoms in total. The van der Waals surface area contributed by atoms with Crippen LogP contribution in [0.3, 0.4) is 0 Å². The summed E-state index contributed by atoms with van der Waals surface area (Å²) in [7, 11) is 0. The van der Waals surface area contributed by atoms with E-state index in [0.29, 0.717) is 22.3 Å². The Morgan fingerprint density at radius 3 is 2.72 bits per heavy atom. The minimum absolute atomic E-state index is 0.266. The number of carbonyl (C=O) groups is 1. The lowest BCUT2D eigenvalue weighted by atomic mass is 10.2. The number of halogens is 1. The first kappa shape index (κ1) is 17.4. The van der Waals surface area contributed by atoms with Crippen molar-refractivity contribution in [3.8, 4) is 16.3 Å². The molecule has 1 aromatic heterocycles. The Labute approximate surface area is 154 Å². The quantitative estimate of drug-likeness (QED) is 0.682. The molecule has 7 heteroatoms. The summed E-state index contributed by atoms with van der Waals surface area (Å²) < 4.78 is 5.73. The molecule has 0 bridgehead atoms. The number of hydrogen-bond donors (Lipinski definition) is 1. The van der Waals surface area contributed by atoms with Crippen LogP contribution in [0.5, 0.6) is 5.75 Å². The second-order valence-electron chi connectivity index (χ2n) is 5.24. The second-order valence-corrected chi connectivity index (χ2v) is 6.65. The number of nitrogens with zero attached hydrogens (tertiary/aromatic N) is 2. The number of carbonyl (C=O) groups excluding carboxylic acids is 1. The molecule has 3 rings (SSSR count). The number of anilines is 1. The van der Waals surface area contributed by atoms with Crippen molar-refractivity contribution < 1.29 is 9.53 Å². The monoisotopic (exact) mass is 373 g/mol. The summed E-state index contributed by atoms with van der Waals surface area (Å²) in [5.74, 6) is 0.287. The van der Waals surface area contributed by atoms with Crippen LogP contribution in [0.2, 0.25) is 5.02 Å². The van der Waals surface area contributed by atoms with Crippen LogP contribution in [0, 0.1) is 0 Å². The predicted molar refractivity (Wildman–Crippen MR) is 100 cm³/mol. The van der Waals surface area contributed by atoms with Crippen molar-refractivity contribution in [2.45, 2.75) is 19.4 Å². The van der Waals surface area contributed by atoms with Gasteiger partial charge in [0.2, 0.25) is 5.13 Å². The molecule has 1 amide bonds. The maximum absolute atomic E-state index is 12.4. The molecule has 0 saturated carbocycles. The van der Waals surface area contributed by atoms with Crippen LogP contribution < -0.4 is 10.1 Å². The Morgan fingerprint density at radius 2 is 2.00 bits per heavy atom. The van der Waals surface area contributed by atoms with E-state index in [1.54, 1.807) is 24.3 Å². The number of benzene rings is 2. The molecule has 128 valence electrons. The summed E-state index contributed by atoms with van der Waals surface area (Å²) in [5.41, 5.74) is 0.961. The number of amides is 1. The van der Waals surface area contributed by atoms with Gasteiger partial charge in [0, 0.05) is 10.6 Å². The molecule has 0 aliphatic carbocycles. The summed E-state index contributed by atoms with van der Waals surface area (Å²) in [6.45, 7) is 1.88. The van der Waals surface area contributed by atoms with E-state index in [9.17, 15) is 4.79 Å². The normalized spacial score (nSPS) is 11.8. The lowest BCUT2D eigenvalue weighted by Crippen LogP contribution is -2.32. The number of ether oxygens (including phenoxy) is 1. The fourth-order valence-corrected chi connectivity index (χ4v) is 3.12. The molecule has 0 fully saturated rings. The highest BCUT2D eigenvalue weighted by atomic mass is 35.5. The number of aromatic nitrogens is 2. The molecule has 0 aliphatic rings. The van der Waals surface area contributed by atoms with E-state index in [1.165, 1.54) is 11.3 Å². The maximum atomic E-state index is 12.4. The van der Waals surface area contributed by atoms with Gasteiger partial charge in [-0.15, -0.1) is 10.2 Å². The van der Waals surface area contributed by atoms with Crippen molar-refractivity contribution in [2.75, 3.05) is 5.32 Å². The molecular weight excluding hydrogens is 358 g/mol. The van der Waals surface area contributed by atoms with E-state index in [1.807, 2.05) is 37.3 Å². The summed E-state index contributed by atoms with van der Waals surface area (Å²) >= 11 is 7.26. The van der Waals surface area contributed by atoms with Crippen molar-refractivity contribution in [3.63, 3.8) is 0 Å². The molecule has 0 radical (unpaired) electrons. The van der Waals surface area contributed by atoms with Crippen LogP contribution >= 0.6 is 22.9 Å². The Bertz CT molecular complexity index is 854. The molecule has 1 atom stereocenters. The van der Waals surface area contributed by atoms with Gasteiger partial charge in [-0.25, -0.2) is 0 Å². The number of nitrogens with one attached hydrogen (secondary N) is 1. The fourth-order valence-electron chi connectivity index (χ4n) is 2.18. The molecule has 1 unspecified atom stereocenters. The van der Waals surface area contributed by atoms with Crippen molar-refractivity contribution in [3.05, 3.63) is 59.6 Å². The number of hydrogen-bond acceptors (Lipinski definition) is 5. The van der Waals surface area contributed by atoms with Crippen LogP contribution in [0.25, 0.3) is 10.6 Å². The van der Waals surface area contributed by atoms with Gasteiger partial charge in [0.1, 0.15) is 10.8 Å². The maximum Gasteiger partial charge on any atom is 0.267 e. The van der Waals surface area contributed by atoms with E-state index in [4.69, 9.17) is 16.3 Å². The molecule has 1 heterocycles. The zero-order chi connectivity index (χ0) is 17.6.